The molecule has 0 saturated carbocycles. The van der Waals surface area contributed by atoms with E-state index < -0.39 is 35.4 Å². The third-order valence-electron chi connectivity index (χ3n) is 5.65. The first-order valence-corrected chi connectivity index (χ1v) is 10.4. The number of allylic oxidation sites excluding steroid dienone is 1. The molecule has 3 rings (SSSR count). The lowest BCUT2D eigenvalue weighted by Crippen LogP contribution is -2.52. The van der Waals surface area contributed by atoms with Crippen molar-refractivity contribution in [3.05, 3.63) is 51.9 Å². The Kier molecular flexibility index (Phi) is 6.25. The van der Waals surface area contributed by atoms with Gasteiger partial charge < -0.3 is 18.6 Å². The highest BCUT2D eigenvalue weighted by Gasteiger charge is 2.50. The summed E-state index contributed by atoms with van der Waals surface area (Å²) in [5.41, 5.74) is -0.526. The van der Waals surface area contributed by atoms with E-state index in [1.165, 1.54) is 6.07 Å². The Morgan fingerprint density at radius 2 is 1.87 bits per heavy atom. The monoisotopic (exact) mass is 428 g/mol. The van der Waals surface area contributed by atoms with Crippen molar-refractivity contribution in [2.75, 3.05) is 0 Å². The summed E-state index contributed by atoms with van der Waals surface area (Å²) in [5.74, 6) is -0.928. The van der Waals surface area contributed by atoms with Gasteiger partial charge in [-0.05, 0) is 52.3 Å². The van der Waals surface area contributed by atoms with Gasteiger partial charge in [0.15, 0.2) is 12.2 Å². The smallest absolute Gasteiger partial charge is 0.336 e. The lowest BCUT2D eigenvalue weighted by atomic mass is 9.87. The van der Waals surface area contributed by atoms with Crippen LogP contribution in [0.15, 0.2) is 45.1 Å². The molecule has 0 aliphatic carbocycles. The Bertz CT molecular complexity index is 1090. The fourth-order valence-corrected chi connectivity index (χ4v) is 3.41. The number of ether oxygens (including phenoxy) is 3. The molecule has 7 heteroatoms. The molecule has 0 fully saturated rings. The second kappa shape index (κ2) is 8.57. The van der Waals surface area contributed by atoms with Crippen molar-refractivity contribution >= 4 is 22.9 Å². The molecule has 1 aromatic carbocycles. The van der Waals surface area contributed by atoms with Gasteiger partial charge in [-0.3, -0.25) is 4.79 Å². The Labute approximate surface area is 181 Å². The molecule has 2 heterocycles. The van der Waals surface area contributed by atoms with Gasteiger partial charge in [0.2, 0.25) is 0 Å². The van der Waals surface area contributed by atoms with Crippen LogP contribution >= 0.6 is 0 Å². The van der Waals surface area contributed by atoms with Crippen LogP contribution < -0.4 is 10.4 Å². The first kappa shape index (κ1) is 22.6. The number of rotatable bonds is 5. The molecule has 1 aliphatic rings. The molecule has 0 radical (unpaired) electrons. The van der Waals surface area contributed by atoms with E-state index in [9.17, 15) is 14.4 Å². The Hall–Kier alpha value is -3.09. The molecule has 166 valence electrons. The number of esters is 2. The fourth-order valence-electron chi connectivity index (χ4n) is 3.41. The molecular formula is C24H28O7. The fraction of sp³-hybridized carbons (Fsp3) is 0.458. The normalized spacial score (nSPS) is 21.0. The summed E-state index contributed by atoms with van der Waals surface area (Å²) >= 11 is 0. The summed E-state index contributed by atoms with van der Waals surface area (Å²) in [4.78, 5) is 37.4. The van der Waals surface area contributed by atoms with E-state index in [0.717, 1.165) is 0 Å². The molecule has 0 bridgehead atoms. The molecule has 2 aromatic rings. The van der Waals surface area contributed by atoms with Gasteiger partial charge in [0, 0.05) is 17.0 Å². The molecule has 7 nitrogen and oxygen atoms in total. The molecule has 1 aliphatic heterocycles. The van der Waals surface area contributed by atoms with E-state index in [-0.39, 0.29) is 11.5 Å². The lowest BCUT2D eigenvalue weighted by molar-refractivity contribution is -0.189. The Morgan fingerprint density at radius 3 is 2.52 bits per heavy atom. The quantitative estimate of drug-likeness (QED) is 0.394. The molecule has 0 saturated heterocycles. The van der Waals surface area contributed by atoms with Crippen molar-refractivity contribution in [3.8, 4) is 5.75 Å². The van der Waals surface area contributed by atoms with Gasteiger partial charge in [-0.1, -0.05) is 19.9 Å². The summed E-state index contributed by atoms with van der Waals surface area (Å²) < 4.78 is 23.3. The highest BCUT2D eigenvalue weighted by atomic mass is 16.6. The van der Waals surface area contributed by atoms with Crippen LogP contribution in [0.5, 0.6) is 5.75 Å². The summed E-state index contributed by atoms with van der Waals surface area (Å²) in [7, 11) is 0. The van der Waals surface area contributed by atoms with Crippen molar-refractivity contribution in [3.63, 3.8) is 0 Å². The third-order valence-corrected chi connectivity index (χ3v) is 5.65. The number of fused-ring (bicyclic) bond motifs is 3. The van der Waals surface area contributed by atoms with Crippen LogP contribution in [0, 0.1) is 5.92 Å². The van der Waals surface area contributed by atoms with Crippen LogP contribution in [0.25, 0.3) is 11.0 Å². The summed E-state index contributed by atoms with van der Waals surface area (Å²) in [6, 6.07) is 6.44. The molecule has 31 heavy (non-hydrogen) atoms. The standard InChI is InChI=1S/C24H28O7/c1-7-13(3)22(26)29-20-18-16(11-9-15-10-12-17(25)28-19(15)18)31-24(5,6)21(20)30-23(27)14(4)8-2/h8-13,20-21H,7H2,1-6H3/t13-,20-,21-/m1/s1. The van der Waals surface area contributed by atoms with E-state index in [1.54, 1.807) is 58.9 Å². The SMILES string of the molecule is CC=C(C)C(=O)O[C@@H]1[C@H](OC(=O)[C@H](C)CC)c2c(ccc3ccc(=O)oc23)OC1(C)C. The van der Waals surface area contributed by atoms with E-state index in [4.69, 9.17) is 18.6 Å². The van der Waals surface area contributed by atoms with Crippen LogP contribution in [0.4, 0.5) is 0 Å². The first-order chi connectivity index (χ1) is 14.6. The third kappa shape index (κ3) is 4.36. The maximum Gasteiger partial charge on any atom is 0.336 e. The van der Waals surface area contributed by atoms with Gasteiger partial charge in [0.1, 0.15) is 16.9 Å². The molecule has 0 amide bonds. The van der Waals surface area contributed by atoms with Crippen molar-refractivity contribution in [2.24, 2.45) is 5.92 Å². The molecular weight excluding hydrogens is 400 g/mol. The van der Waals surface area contributed by atoms with Crippen LogP contribution in [-0.4, -0.2) is 23.6 Å². The average Bonchev–Trinajstić information content (AvgIpc) is 2.73. The van der Waals surface area contributed by atoms with Gasteiger partial charge in [-0.25, -0.2) is 9.59 Å². The van der Waals surface area contributed by atoms with E-state index >= 15 is 0 Å². The summed E-state index contributed by atoms with van der Waals surface area (Å²) in [6.45, 7) is 10.5. The van der Waals surface area contributed by atoms with Gasteiger partial charge in [0.05, 0.1) is 11.5 Å². The lowest BCUT2D eigenvalue weighted by Gasteiger charge is -2.43. The zero-order valence-electron chi connectivity index (χ0n) is 18.7. The number of carbonyl (C=O) groups excluding carboxylic acids is 2. The van der Waals surface area contributed by atoms with Crippen LogP contribution in [0.1, 0.15) is 59.6 Å². The first-order valence-electron chi connectivity index (χ1n) is 10.4. The topological polar surface area (TPSA) is 92.0 Å². The number of carbonyl (C=O) groups is 2. The Balaban J connectivity index is 2.21. The van der Waals surface area contributed by atoms with Crippen molar-refractivity contribution in [1.82, 2.24) is 0 Å². The van der Waals surface area contributed by atoms with Crippen LogP contribution in [0.3, 0.4) is 0 Å². The predicted molar refractivity (Wildman–Crippen MR) is 115 cm³/mol. The highest BCUT2D eigenvalue weighted by Crippen LogP contribution is 2.46. The second-order valence-electron chi connectivity index (χ2n) is 8.32. The van der Waals surface area contributed by atoms with Gasteiger partial charge in [0.25, 0.3) is 0 Å². The van der Waals surface area contributed by atoms with E-state index in [1.807, 2.05) is 6.92 Å². The summed E-state index contributed by atoms with van der Waals surface area (Å²) in [5, 5.41) is 0.640. The van der Waals surface area contributed by atoms with Crippen LogP contribution in [-0.2, 0) is 19.1 Å². The van der Waals surface area contributed by atoms with Crippen LogP contribution in [0.2, 0.25) is 0 Å². The number of hydrogen-bond acceptors (Lipinski definition) is 7. The second-order valence-corrected chi connectivity index (χ2v) is 8.32. The highest BCUT2D eigenvalue weighted by molar-refractivity contribution is 5.88. The molecule has 0 spiro atoms. The van der Waals surface area contributed by atoms with Gasteiger partial charge in [-0.2, -0.15) is 0 Å². The summed E-state index contributed by atoms with van der Waals surface area (Å²) in [6.07, 6.45) is 0.252. The Morgan fingerprint density at radius 1 is 1.19 bits per heavy atom. The maximum absolute atomic E-state index is 12.8. The number of benzene rings is 1. The van der Waals surface area contributed by atoms with Crippen molar-refractivity contribution < 1.29 is 28.2 Å². The molecule has 1 aromatic heterocycles. The maximum atomic E-state index is 12.8. The van der Waals surface area contributed by atoms with E-state index in [0.29, 0.717) is 28.7 Å². The van der Waals surface area contributed by atoms with Crippen molar-refractivity contribution in [1.29, 1.82) is 0 Å². The zero-order chi connectivity index (χ0) is 22.9. The molecule has 0 N–H and O–H groups in total. The molecule has 0 unspecified atom stereocenters. The van der Waals surface area contributed by atoms with Gasteiger partial charge in [-0.15, -0.1) is 0 Å². The zero-order valence-corrected chi connectivity index (χ0v) is 18.7. The number of hydrogen-bond donors (Lipinski definition) is 0. The minimum Gasteiger partial charge on any atom is -0.483 e. The van der Waals surface area contributed by atoms with Crippen molar-refractivity contribution in [2.45, 2.75) is 65.8 Å². The van der Waals surface area contributed by atoms with Gasteiger partial charge >= 0.3 is 17.6 Å². The predicted octanol–water partition coefficient (Wildman–Crippen LogP) is 4.47. The largest absolute Gasteiger partial charge is 0.483 e. The minimum absolute atomic E-state index is 0.242. The average molecular weight is 428 g/mol. The van der Waals surface area contributed by atoms with E-state index in [2.05, 4.69) is 0 Å². The molecule has 3 atom stereocenters. The minimum atomic E-state index is -1.01.